The standard InChI is InChI=1S/C15H15N3O2S/c1-16-9-11-5-2-3-6-12(11)19-10-14-17-18-15(20-14)13-7-4-8-21-13/h2-8,16H,9-10H2,1H3. The maximum Gasteiger partial charge on any atom is 0.257 e. The van der Waals surface area contributed by atoms with Crippen molar-refractivity contribution in [3.8, 4) is 16.5 Å². The Morgan fingerprint density at radius 2 is 2.10 bits per heavy atom. The van der Waals surface area contributed by atoms with Gasteiger partial charge in [0.2, 0.25) is 0 Å². The molecule has 2 aromatic heterocycles. The van der Waals surface area contributed by atoms with Crippen LogP contribution >= 0.6 is 11.3 Å². The van der Waals surface area contributed by atoms with Gasteiger partial charge in [-0.1, -0.05) is 24.3 Å². The molecule has 0 saturated carbocycles. The predicted molar refractivity (Wildman–Crippen MR) is 81.1 cm³/mol. The fraction of sp³-hybridized carbons (Fsp3) is 0.200. The number of nitrogens with zero attached hydrogens (tertiary/aromatic N) is 2. The molecule has 0 amide bonds. The fourth-order valence-corrected chi connectivity index (χ4v) is 2.58. The third-order valence-corrected chi connectivity index (χ3v) is 3.75. The van der Waals surface area contributed by atoms with Crippen molar-refractivity contribution in [3.05, 3.63) is 53.2 Å². The number of thiophene rings is 1. The highest BCUT2D eigenvalue weighted by Crippen LogP contribution is 2.24. The van der Waals surface area contributed by atoms with Gasteiger partial charge in [0.1, 0.15) is 5.75 Å². The van der Waals surface area contributed by atoms with E-state index in [1.807, 2.05) is 48.8 Å². The number of para-hydroxylation sites is 1. The molecule has 3 rings (SSSR count). The molecule has 6 heteroatoms. The molecule has 0 aliphatic heterocycles. The smallest absolute Gasteiger partial charge is 0.257 e. The summed E-state index contributed by atoms with van der Waals surface area (Å²) in [6, 6.07) is 11.8. The Morgan fingerprint density at radius 1 is 1.19 bits per heavy atom. The van der Waals surface area contributed by atoms with Crippen LogP contribution in [0.15, 0.2) is 46.2 Å². The molecule has 3 aromatic rings. The van der Waals surface area contributed by atoms with E-state index in [4.69, 9.17) is 9.15 Å². The van der Waals surface area contributed by atoms with Crippen LogP contribution in [-0.2, 0) is 13.2 Å². The van der Waals surface area contributed by atoms with Crippen molar-refractivity contribution in [2.45, 2.75) is 13.2 Å². The normalized spacial score (nSPS) is 10.7. The molecule has 0 unspecified atom stereocenters. The molecule has 21 heavy (non-hydrogen) atoms. The van der Waals surface area contributed by atoms with Crippen LogP contribution in [0.3, 0.4) is 0 Å². The number of aromatic nitrogens is 2. The summed E-state index contributed by atoms with van der Waals surface area (Å²) in [4.78, 5) is 0.962. The average molecular weight is 301 g/mol. The molecule has 1 N–H and O–H groups in total. The van der Waals surface area contributed by atoms with Gasteiger partial charge in [-0.3, -0.25) is 0 Å². The Kier molecular flexibility index (Phi) is 4.28. The van der Waals surface area contributed by atoms with Crippen LogP contribution in [0, 0.1) is 0 Å². The minimum absolute atomic E-state index is 0.263. The zero-order valence-electron chi connectivity index (χ0n) is 11.6. The summed E-state index contributed by atoms with van der Waals surface area (Å²) < 4.78 is 11.4. The van der Waals surface area contributed by atoms with Gasteiger partial charge < -0.3 is 14.5 Å². The van der Waals surface area contributed by atoms with Crippen LogP contribution in [-0.4, -0.2) is 17.2 Å². The summed E-state index contributed by atoms with van der Waals surface area (Å²) in [5, 5.41) is 13.1. The second-order valence-electron chi connectivity index (χ2n) is 4.40. The van der Waals surface area contributed by atoms with E-state index in [9.17, 15) is 0 Å². The highest BCUT2D eigenvalue weighted by molar-refractivity contribution is 7.13. The topological polar surface area (TPSA) is 60.2 Å². The van der Waals surface area contributed by atoms with E-state index in [0.29, 0.717) is 11.8 Å². The van der Waals surface area contributed by atoms with E-state index in [2.05, 4.69) is 15.5 Å². The Balaban J connectivity index is 1.68. The number of ether oxygens (including phenoxy) is 1. The lowest BCUT2D eigenvalue weighted by Crippen LogP contribution is -2.07. The summed E-state index contributed by atoms with van der Waals surface area (Å²) in [6.07, 6.45) is 0. The van der Waals surface area contributed by atoms with Gasteiger partial charge in [-0.25, -0.2) is 0 Å². The molecule has 0 aliphatic carbocycles. The van der Waals surface area contributed by atoms with Crippen LogP contribution in [0.4, 0.5) is 0 Å². The Morgan fingerprint density at radius 3 is 2.90 bits per heavy atom. The lowest BCUT2D eigenvalue weighted by molar-refractivity contribution is 0.262. The van der Waals surface area contributed by atoms with Crippen LogP contribution in [0.2, 0.25) is 0 Å². The predicted octanol–water partition coefficient (Wildman–Crippen LogP) is 3.10. The average Bonchev–Trinajstić information content (AvgIpc) is 3.18. The largest absolute Gasteiger partial charge is 0.483 e. The second-order valence-corrected chi connectivity index (χ2v) is 5.35. The number of hydrogen-bond donors (Lipinski definition) is 1. The summed E-state index contributed by atoms with van der Waals surface area (Å²) in [6.45, 7) is 1.01. The van der Waals surface area contributed by atoms with Crippen molar-refractivity contribution in [2.75, 3.05) is 7.05 Å². The first-order valence-corrected chi connectivity index (χ1v) is 7.46. The Bertz CT molecular complexity index is 695. The maximum atomic E-state index is 5.77. The molecule has 0 fully saturated rings. The lowest BCUT2D eigenvalue weighted by atomic mass is 10.2. The van der Waals surface area contributed by atoms with Crippen molar-refractivity contribution >= 4 is 11.3 Å². The SMILES string of the molecule is CNCc1ccccc1OCc1nnc(-c2cccs2)o1. The molecule has 0 saturated heterocycles. The molecule has 0 bridgehead atoms. The van der Waals surface area contributed by atoms with Gasteiger partial charge in [-0.15, -0.1) is 21.5 Å². The molecule has 0 spiro atoms. The molecule has 108 valence electrons. The zero-order valence-corrected chi connectivity index (χ0v) is 12.4. The van der Waals surface area contributed by atoms with E-state index in [-0.39, 0.29) is 6.61 Å². The van der Waals surface area contributed by atoms with Gasteiger partial charge in [-0.05, 0) is 24.6 Å². The zero-order chi connectivity index (χ0) is 14.5. The van der Waals surface area contributed by atoms with Crippen molar-refractivity contribution in [1.29, 1.82) is 0 Å². The van der Waals surface area contributed by atoms with Gasteiger partial charge in [0.15, 0.2) is 6.61 Å². The van der Waals surface area contributed by atoms with Crippen LogP contribution in [0.5, 0.6) is 5.75 Å². The number of rotatable bonds is 6. The first kappa shape index (κ1) is 13.8. The van der Waals surface area contributed by atoms with E-state index < -0.39 is 0 Å². The van der Waals surface area contributed by atoms with E-state index >= 15 is 0 Å². The molecule has 0 aliphatic rings. The molecule has 2 heterocycles. The minimum Gasteiger partial charge on any atom is -0.483 e. The first-order valence-electron chi connectivity index (χ1n) is 6.58. The van der Waals surface area contributed by atoms with Crippen molar-refractivity contribution in [3.63, 3.8) is 0 Å². The number of hydrogen-bond acceptors (Lipinski definition) is 6. The molecule has 5 nitrogen and oxygen atoms in total. The molecule has 1 aromatic carbocycles. The Labute approximate surface area is 126 Å². The fourth-order valence-electron chi connectivity index (χ4n) is 1.93. The molecule has 0 atom stereocenters. The van der Waals surface area contributed by atoms with E-state index in [1.165, 1.54) is 0 Å². The summed E-state index contributed by atoms with van der Waals surface area (Å²) >= 11 is 1.57. The highest BCUT2D eigenvalue weighted by Gasteiger charge is 2.10. The summed E-state index contributed by atoms with van der Waals surface area (Å²) in [7, 11) is 1.90. The third-order valence-electron chi connectivity index (χ3n) is 2.89. The van der Waals surface area contributed by atoms with Crippen molar-refractivity contribution < 1.29 is 9.15 Å². The van der Waals surface area contributed by atoms with Gasteiger partial charge in [0.25, 0.3) is 11.8 Å². The molecular weight excluding hydrogens is 286 g/mol. The quantitative estimate of drug-likeness (QED) is 0.758. The maximum absolute atomic E-state index is 5.77. The van der Waals surface area contributed by atoms with Gasteiger partial charge in [0.05, 0.1) is 4.88 Å². The van der Waals surface area contributed by atoms with Crippen LogP contribution in [0.1, 0.15) is 11.5 Å². The number of benzene rings is 1. The van der Waals surface area contributed by atoms with E-state index in [1.54, 1.807) is 11.3 Å². The number of nitrogens with one attached hydrogen (secondary N) is 1. The van der Waals surface area contributed by atoms with Crippen LogP contribution < -0.4 is 10.1 Å². The summed E-state index contributed by atoms with van der Waals surface area (Å²) in [5.41, 5.74) is 1.10. The monoisotopic (exact) mass is 301 g/mol. The van der Waals surface area contributed by atoms with Crippen molar-refractivity contribution in [2.24, 2.45) is 0 Å². The summed E-state index contributed by atoms with van der Waals surface area (Å²) in [5.74, 6) is 1.83. The Hall–Kier alpha value is -2.18. The lowest BCUT2D eigenvalue weighted by Gasteiger charge is -2.09. The minimum atomic E-state index is 0.263. The van der Waals surface area contributed by atoms with Gasteiger partial charge in [0, 0.05) is 12.1 Å². The molecule has 0 radical (unpaired) electrons. The highest BCUT2D eigenvalue weighted by atomic mass is 32.1. The van der Waals surface area contributed by atoms with Gasteiger partial charge in [-0.2, -0.15) is 0 Å². The third kappa shape index (κ3) is 3.29. The van der Waals surface area contributed by atoms with Gasteiger partial charge >= 0.3 is 0 Å². The first-order chi connectivity index (χ1) is 10.4. The second kappa shape index (κ2) is 6.51. The van der Waals surface area contributed by atoms with Crippen molar-refractivity contribution in [1.82, 2.24) is 15.5 Å². The van der Waals surface area contributed by atoms with Crippen LogP contribution in [0.25, 0.3) is 10.8 Å². The molecular formula is C15H15N3O2S. The van der Waals surface area contributed by atoms with E-state index in [0.717, 1.165) is 22.7 Å².